The van der Waals surface area contributed by atoms with Gasteiger partial charge in [-0.05, 0) is 52.3 Å². The van der Waals surface area contributed by atoms with Gasteiger partial charge in [-0.1, -0.05) is 12.1 Å². The van der Waals surface area contributed by atoms with E-state index < -0.39 is 31.3 Å². The van der Waals surface area contributed by atoms with Crippen molar-refractivity contribution in [2.45, 2.75) is 52.7 Å². The van der Waals surface area contributed by atoms with Crippen LogP contribution in [0.2, 0.25) is 0 Å². The number of benzene rings is 1. The predicted octanol–water partition coefficient (Wildman–Crippen LogP) is 3.10. The average molecular weight is 401 g/mol. The number of ether oxygens (including phenoxy) is 1. The Labute approximate surface area is 159 Å². The fourth-order valence-electron chi connectivity index (χ4n) is 2.23. The predicted molar refractivity (Wildman–Crippen MR) is 101 cm³/mol. The van der Waals surface area contributed by atoms with E-state index >= 15 is 0 Å². The second kappa shape index (κ2) is 9.88. The summed E-state index contributed by atoms with van der Waals surface area (Å²) in [5, 5.41) is 12.1. The zero-order chi connectivity index (χ0) is 20.7. The van der Waals surface area contributed by atoms with E-state index in [9.17, 15) is 19.3 Å². The van der Waals surface area contributed by atoms with Gasteiger partial charge in [-0.15, -0.1) is 0 Å². The second-order valence-electron chi connectivity index (χ2n) is 6.74. The van der Waals surface area contributed by atoms with Gasteiger partial charge in [-0.25, -0.2) is 9.59 Å². The van der Waals surface area contributed by atoms with E-state index in [2.05, 4.69) is 5.32 Å². The average Bonchev–Trinajstić information content (AvgIpc) is 2.53. The molecule has 1 aromatic carbocycles. The quantitative estimate of drug-likeness (QED) is 0.612. The highest BCUT2D eigenvalue weighted by atomic mass is 31.2. The van der Waals surface area contributed by atoms with Crippen molar-refractivity contribution in [2.75, 3.05) is 13.2 Å². The highest BCUT2D eigenvalue weighted by Crippen LogP contribution is 2.46. The molecule has 0 aliphatic heterocycles. The van der Waals surface area contributed by atoms with Crippen molar-refractivity contribution in [2.24, 2.45) is 0 Å². The van der Waals surface area contributed by atoms with E-state index in [0.29, 0.717) is 10.9 Å². The van der Waals surface area contributed by atoms with E-state index in [1.54, 1.807) is 58.9 Å². The third-order valence-electron chi connectivity index (χ3n) is 3.28. The Bertz CT molecular complexity index is 672. The van der Waals surface area contributed by atoms with Crippen LogP contribution in [0.25, 0.3) is 0 Å². The first-order chi connectivity index (χ1) is 12.5. The summed E-state index contributed by atoms with van der Waals surface area (Å²) in [6.07, 6.45) is -0.758. The highest BCUT2D eigenvalue weighted by molar-refractivity contribution is 7.62. The Hall–Kier alpha value is -1.89. The summed E-state index contributed by atoms with van der Waals surface area (Å²) in [7, 11) is -3.40. The summed E-state index contributed by atoms with van der Waals surface area (Å²) >= 11 is 0. The first-order valence-corrected chi connectivity index (χ1v) is 10.3. The number of nitrogens with one attached hydrogen (secondary N) is 1. The SMILES string of the molecule is CCOP(=O)(OCC)c1ccc(C[C@@H](NC(=O)OC(C)(C)C)C(=O)O)cc1. The number of carboxylic acids is 1. The number of alkyl carbamates (subject to hydrolysis) is 1. The van der Waals surface area contributed by atoms with Gasteiger partial charge in [-0.3, -0.25) is 4.57 Å². The van der Waals surface area contributed by atoms with Gasteiger partial charge in [0.2, 0.25) is 0 Å². The fraction of sp³-hybridized carbons (Fsp3) is 0.556. The monoisotopic (exact) mass is 401 g/mol. The Morgan fingerprint density at radius 2 is 1.63 bits per heavy atom. The van der Waals surface area contributed by atoms with Crippen molar-refractivity contribution in [3.8, 4) is 0 Å². The molecule has 0 aliphatic carbocycles. The number of carboxylic acid groups (broad SMARTS) is 1. The smallest absolute Gasteiger partial charge is 0.408 e. The molecule has 0 aromatic heterocycles. The molecule has 1 atom stereocenters. The number of hydrogen-bond acceptors (Lipinski definition) is 6. The van der Waals surface area contributed by atoms with Crippen LogP contribution < -0.4 is 10.6 Å². The summed E-state index contributed by atoms with van der Waals surface area (Å²) in [6.45, 7) is 8.99. The molecule has 152 valence electrons. The molecule has 0 spiro atoms. The second-order valence-corrected chi connectivity index (χ2v) is 8.77. The summed E-state index contributed by atoms with van der Waals surface area (Å²) < 4.78 is 28.4. The van der Waals surface area contributed by atoms with Gasteiger partial charge >= 0.3 is 19.7 Å². The van der Waals surface area contributed by atoms with E-state index in [1.807, 2.05) is 0 Å². The van der Waals surface area contributed by atoms with Gasteiger partial charge in [0.1, 0.15) is 11.6 Å². The van der Waals surface area contributed by atoms with Crippen LogP contribution in [-0.4, -0.2) is 42.0 Å². The Morgan fingerprint density at radius 1 is 1.11 bits per heavy atom. The lowest BCUT2D eigenvalue weighted by molar-refractivity contribution is -0.139. The van der Waals surface area contributed by atoms with Gasteiger partial charge in [0.05, 0.1) is 18.5 Å². The number of carbonyl (C=O) groups excluding carboxylic acids is 1. The molecule has 0 radical (unpaired) electrons. The zero-order valence-electron chi connectivity index (χ0n) is 16.4. The summed E-state index contributed by atoms with van der Waals surface area (Å²) in [5.74, 6) is -1.18. The van der Waals surface area contributed by atoms with E-state index in [0.717, 1.165) is 0 Å². The largest absolute Gasteiger partial charge is 0.480 e. The van der Waals surface area contributed by atoms with E-state index in [4.69, 9.17) is 13.8 Å². The van der Waals surface area contributed by atoms with Crippen LogP contribution in [0.15, 0.2) is 24.3 Å². The van der Waals surface area contributed by atoms with Crippen LogP contribution in [-0.2, 0) is 29.6 Å². The van der Waals surface area contributed by atoms with Gasteiger partial charge in [0.15, 0.2) is 0 Å². The minimum Gasteiger partial charge on any atom is -0.480 e. The summed E-state index contributed by atoms with van der Waals surface area (Å²) in [4.78, 5) is 23.3. The molecule has 0 unspecified atom stereocenters. The molecule has 0 aliphatic rings. The molecule has 1 amide bonds. The summed E-state index contributed by atoms with van der Waals surface area (Å²) in [6, 6.07) is 5.26. The maximum Gasteiger partial charge on any atom is 0.408 e. The molecule has 1 aromatic rings. The van der Waals surface area contributed by atoms with E-state index in [1.165, 1.54) is 0 Å². The first kappa shape index (κ1) is 23.1. The molecule has 1 rings (SSSR count). The minimum atomic E-state index is -3.40. The first-order valence-electron chi connectivity index (χ1n) is 8.71. The maximum atomic E-state index is 12.7. The Morgan fingerprint density at radius 3 is 2.04 bits per heavy atom. The van der Waals surface area contributed by atoms with Crippen LogP contribution in [0, 0.1) is 0 Å². The lowest BCUT2D eigenvalue weighted by Gasteiger charge is -2.22. The Balaban J connectivity index is 2.88. The molecule has 0 bridgehead atoms. The van der Waals surface area contributed by atoms with Gasteiger partial charge in [0, 0.05) is 6.42 Å². The van der Waals surface area contributed by atoms with Gasteiger partial charge < -0.3 is 24.2 Å². The number of aliphatic carboxylic acids is 1. The highest BCUT2D eigenvalue weighted by Gasteiger charge is 2.27. The topological polar surface area (TPSA) is 111 Å². The molecular weight excluding hydrogens is 373 g/mol. The third-order valence-corrected chi connectivity index (χ3v) is 5.41. The number of carbonyl (C=O) groups is 2. The lowest BCUT2D eigenvalue weighted by Crippen LogP contribution is -2.44. The molecule has 2 N–H and O–H groups in total. The summed E-state index contributed by atoms with van der Waals surface area (Å²) in [5.41, 5.74) is -0.0872. The molecule has 0 heterocycles. The maximum absolute atomic E-state index is 12.7. The van der Waals surface area contributed by atoms with Crippen LogP contribution in [0.4, 0.5) is 4.79 Å². The Kier molecular flexibility index (Phi) is 8.47. The standard InChI is InChI=1S/C18H28NO7P/c1-6-24-27(23,25-7-2)14-10-8-13(9-11-14)12-15(16(20)21)19-17(22)26-18(3,4)5/h8-11,15H,6-7,12H2,1-5H3,(H,19,22)(H,20,21)/t15-/m1/s1. The minimum absolute atomic E-state index is 0.0441. The molecular formula is C18H28NO7P. The van der Waals surface area contributed by atoms with Gasteiger partial charge in [0.25, 0.3) is 0 Å². The van der Waals surface area contributed by atoms with Crippen molar-refractivity contribution in [1.29, 1.82) is 0 Å². The normalized spacial score (nSPS) is 13.1. The van der Waals surface area contributed by atoms with Crippen molar-refractivity contribution < 1.29 is 33.0 Å². The van der Waals surface area contributed by atoms with Gasteiger partial charge in [-0.2, -0.15) is 0 Å². The fourth-order valence-corrected chi connectivity index (χ4v) is 3.79. The lowest BCUT2D eigenvalue weighted by atomic mass is 10.1. The molecule has 0 fully saturated rings. The third kappa shape index (κ3) is 7.71. The molecule has 27 heavy (non-hydrogen) atoms. The van der Waals surface area contributed by atoms with Crippen molar-refractivity contribution in [3.05, 3.63) is 29.8 Å². The van der Waals surface area contributed by atoms with Crippen molar-refractivity contribution in [1.82, 2.24) is 5.32 Å². The van der Waals surface area contributed by atoms with Crippen molar-refractivity contribution in [3.63, 3.8) is 0 Å². The molecule has 0 saturated heterocycles. The van der Waals surface area contributed by atoms with Crippen LogP contribution in [0.3, 0.4) is 0 Å². The number of hydrogen-bond donors (Lipinski definition) is 2. The van der Waals surface area contributed by atoms with E-state index in [-0.39, 0.29) is 19.6 Å². The van der Waals surface area contributed by atoms with Crippen molar-refractivity contribution >= 4 is 25.0 Å². The molecule has 0 saturated carbocycles. The van der Waals surface area contributed by atoms with Crippen LogP contribution in [0.1, 0.15) is 40.2 Å². The number of amides is 1. The van der Waals surface area contributed by atoms with Crippen LogP contribution >= 0.6 is 7.60 Å². The number of rotatable bonds is 9. The molecule has 9 heteroatoms. The zero-order valence-corrected chi connectivity index (χ0v) is 17.2. The van der Waals surface area contributed by atoms with Crippen LogP contribution in [0.5, 0.6) is 0 Å². The molecule has 8 nitrogen and oxygen atoms in total.